The van der Waals surface area contributed by atoms with E-state index >= 15 is 0 Å². The Balaban J connectivity index is 2.15. The fraction of sp³-hybridized carbons (Fsp3) is 0.545. The fourth-order valence-electron chi connectivity index (χ4n) is 1.65. The van der Waals surface area contributed by atoms with Crippen LogP contribution in [0.2, 0.25) is 0 Å². The number of Topliss-reactive ketones (excluding diaryl/α,β-unsaturated/α-hetero) is 1. The molecule has 0 aromatic carbocycles. The first kappa shape index (κ1) is 13.2. The summed E-state index contributed by atoms with van der Waals surface area (Å²) in [5.74, 6) is -0.0177. The van der Waals surface area contributed by atoms with Gasteiger partial charge in [0.1, 0.15) is 6.54 Å². The molecule has 1 heterocycles. The van der Waals surface area contributed by atoms with Gasteiger partial charge in [-0.15, -0.1) is 11.3 Å². The first-order valence-electron chi connectivity index (χ1n) is 5.49. The molecule has 0 saturated heterocycles. The van der Waals surface area contributed by atoms with Crippen molar-refractivity contribution in [1.29, 1.82) is 0 Å². The van der Waals surface area contributed by atoms with Crippen molar-refractivity contribution in [2.24, 2.45) is 5.92 Å². The van der Waals surface area contributed by atoms with Gasteiger partial charge in [0.25, 0.3) is 0 Å². The number of anilines is 2. The number of carbonyl (C=O) groups is 1. The van der Waals surface area contributed by atoms with Crippen LogP contribution in [0.1, 0.15) is 22.5 Å². The molecule has 0 aliphatic heterocycles. The molecule has 1 aromatic heterocycles. The third-order valence-electron chi connectivity index (χ3n) is 2.71. The summed E-state index contributed by atoms with van der Waals surface area (Å²) in [6, 6.07) is 1.44. The Morgan fingerprint density at radius 3 is 2.67 bits per heavy atom. The molecule has 0 spiro atoms. The normalized spacial score (nSPS) is 15.8. The highest BCUT2D eigenvalue weighted by atomic mass is 32.1. The standard InChI is InChI=1S/C11H13F3N2OS/c1-16(5-11(12,13)14)8-4-7(15)10(18-8)9(17)6-2-3-6/h4,6H,2-3,5,15H2,1H3. The Hall–Kier alpha value is -1.24. The average Bonchev–Trinajstić information content (AvgIpc) is 2.98. The van der Waals surface area contributed by atoms with Gasteiger partial charge in [-0.25, -0.2) is 0 Å². The molecule has 0 unspecified atom stereocenters. The minimum absolute atomic E-state index is 0.0201. The molecule has 2 rings (SSSR count). The Labute approximate surface area is 106 Å². The van der Waals surface area contributed by atoms with Crippen molar-refractivity contribution in [3.8, 4) is 0 Å². The highest BCUT2D eigenvalue weighted by Gasteiger charge is 2.34. The zero-order chi connectivity index (χ0) is 13.5. The van der Waals surface area contributed by atoms with E-state index in [1.165, 1.54) is 13.1 Å². The van der Waals surface area contributed by atoms with Gasteiger partial charge in [-0.1, -0.05) is 0 Å². The number of carbonyl (C=O) groups excluding carboxylic acids is 1. The van der Waals surface area contributed by atoms with E-state index in [2.05, 4.69) is 0 Å². The first-order valence-corrected chi connectivity index (χ1v) is 6.31. The molecule has 7 heteroatoms. The van der Waals surface area contributed by atoms with Crippen LogP contribution < -0.4 is 10.6 Å². The number of rotatable bonds is 4. The molecule has 0 bridgehead atoms. The summed E-state index contributed by atoms with van der Waals surface area (Å²) in [5, 5.41) is 0.369. The van der Waals surface area contributed by atoms with Crippen molar-refractivity contribution >= 4 is 27.8 Å². The third-order valence-corrected chi connectivity index (χ3v) is 3.99. The summed E-state index contributed by atoms with van der Waals surface area (Å²) < 4.78 is 36.8. The lowest BCUT2D eigenvalue weighted by Gasteiger charge is -2.18. The molecule has 0 atom stereocenters. The van der Waals surface area contributed by atoms with Crippen LogP contribution in [-0.4, -0.2) is 25.6 Å². The van der Waals surface area contributed by atoms with E-state index in [1.807, 2.05) is 0 Å². The first-order chi connectivity index (χ1) is 8.28. The van der Waals surface area contributed by atoms with Gasteiger partial charge in [0, 0.05) is 13.0 Å². The zero-order valence-electron chi connectivity index (χ0n) is 9.75. The Morgan fingerprint density at radius 1 is 1.56 bits per heavy atom. The molecule has 1 aromatic rings. The summed E-state index contributed by atoms with van der Waals surface area (Å²) in [7, 11) is 1.34. The Kier molecular flexibility index (Phi) is 3.27. The molecule has 100 valence electrons. The SMILES string of the molecule is CN(CC(F)(F)F)c1cc(N)c(C(=O)C2CC2)s1. The van der Waals surface area contributed by atoms with Crippen molar-refractivity contribution in [2.45, 2.75) is 19.0 Å². The van der Waals surface area contributed by atoms with Gasteiger partial charge in [0.2, 0.25) is 0 Å². The van der Waals surface area contributed by atoms with Gasteiger partial charge in [0.15, 0.2) is 5.78 Å². The lowest BCUT2D eigenvalue weighted by molar-refractivity contribution is -0.119. The van der Waals surface area contributed by atoms with Crippen molar-refractivity contribution in [1.82, 2.24) is 0 Å². The highest BCUT2D eigenvalue weighted by Crippen LogP contribution is 2.39. The molecule has 0 amide bonds. The Bertz CT molecular complexity index is 465. The second-order valence-corrected chi connectivity index (χ2v) is 5.51. The number of halogens is 3. The lowest BCUT2D eigenvalue weighted by atomic mass is 10.2. The van der Waals surface area contributed by atoms with E-state index in [0.717, 1.165) is 29.1 Å². The van der Waals surface area contributed by atoms with E-state index < -0.39 is 12.7 Å². The van der Waals surface area contributed by atoms with Crippen LogP contribution in [0.4, 0.5) is 23.9 Å². The molecule has 2 N–H and O–H groups in total. The van der Waals surface area contributed by atoms with Crippen LogP contribution in [0.5, 0.6) is 0 Å². The van der Waals surface area contributed by atoms with E-state index in [4.69, 9.17) is 5.73 Å². The quantitative estimate of drug-likeness (QED) is 0.861. The van der Waals surface area contributed by atoms with Gasteiger partial charge in [0.05, 0.1) is 15.6 Å². The van der Waals surface area contributed by atoms with Gasteiger partial charge >= 0.3 is 6.18 Å². The minimum Gasteiger partial charge on any atom is -0.397 e. The number of ketones is 1. The van der Waals surface area contributed by atoms with Gasteiger partial charge in [-0.05, 0) is 18.9 Å². The van der Waals surface area contributed by atoms with E-state index in [-0.39, 0.29) is 17.4 Å². The van der Waals surface area contributed by atoms with Crippen LogP contribution in [0.3, 0.4) is 0 Å². The fourth-order valence-corrected chi connectivity index (χ4v) is 2.71. The number of nitrogens with zero attached hydrogens (tertiary/aromatic N) is 1. The summed E-state index contributed by atoms with van der Waals surface area (Å²) in [4.78, 5) is 13.3. The van der Waals surface area contributed by atoms with Crippen molar-refractivity contribution in [2.75, 3.05) is 24.2 Å². The largest absolute Gasteiger partial charge is 0.405 e. The van der Waals surface area contributed by atoms with Crippen molar-refractivity contribution in [3.05, 3.63) is 10.9 Å². The summed E-state index contributed by atoms with van der Waals surface area (Å²) in [6.45, 7) is -1.05. The number of nitrogens with two attached hydrogens (primary N) is 1. The molecule has 0 radical (unpaired) electrons. The summed E-state index contributed by atoms with van der Waals surface area (Å²) >= 11 is 1.04. The van der Waals surface area contributed by atoms with Crippen molar-refractivity contribution < 1.29 is 18.0 Å². The minimum atomic E-state index is -4.27. The number of thiophene rings is 1. The lowest BCUT2D eigenvalue weighted by Crippen LogP contribution is -2.30. The molecule has 3 nitrogen and oxygen atoms in total. The smallest absolute Gasteiger partial charge is 0.397 e. The molecule has 18 heavy (non-hydrogen) atoms. The number of alkyl halides is 3. The second kappa shape index (κ2) is 4.46. The number of hydrogen-bond acceptors (Lipinski definition) is 4. The second-order valence-electron chi connectivity index (χ2n) is 4.48. The predicted octanol–water partition coefficient (Wildman–Crippen LogP) is 2.92. The van der Waals surface area contributed by atoms with Crippen LogP contribution in [0.15, 0.2) is 6.07 Å². The summed E-state index contributed by atoms with van der Waals surface area (Å²) in [6.07, 6.45) is -2.57. The molecule has 1 aliphatic carbocycles. The van der Waals surface area contributed by atoms with Crippen LogP contribution in [0, 0.1) is 5.92 Å². The predicted molar refractivity (Wildman–Crippen MR) is 65.1 cm³/mol. The maximum atomic E-state index is 12.3. The molecular weight excluding hydrogens is 265 g/mol. The van der Waals surface area contributed by atoms with Gasteiger partial charge in [-0.3, -0.25) is 4.79 Å². The third kappa shape index (κ3) is 2.95. The van der Waals surface area contributed by atoms with E-state index in [1.54, 1.807) is 0 Å². The van der Waals surface area contributed by atoms with Crippen molar-refractivity contribution in [3.63, 3.8) is 0 Å². The van der Waals surface area contributed by atoms with Crippen LogP contribution in [0.25, 0.3) is 0 Å². The highest BCUT2D eigenvalue weighted by molar-refractivity contribution is 7.18. The molecule has 1 fully saturated rings. The van der Waals surface area contributed by atoms with Gasteiger partial charge in [-0.2, -0.15) is 13.2 Å². The van der Waals surface area contributed by atoms with Gasteiger partial charge < -0.3 is 10.6 Å². The maximum absolute atomic E-state index is 12.3. The average molecular weight is 278 g/mol. The number of hydrogen-bond donors (Lipinski definition) is 1. The van der Waals surface area contributed by atoms with Crippen LogP contribution in [-0.2, 0) is 0 Å². The molecule has 1 saturated carbocycles. The molecular formula is C11H13F3N2OS. The monoisotopic (exact) mass is 278 g/mol. The Morgan fingerprint density at radius 2 is 2.17 bits per heavy atom. The topological polar surface area (TPSA) is 46.3 Å². The maximum Gasteiger partial charge on any atom is 0.405 e. The molecule has 1 aliphatic rings. The van der Waals surface area contributed by atoms with E-state index in [9.17, 15) is 18.0 Å². The number of nitrogen functional groups attached to an aromatic ring is 1. The van der Waals surface area contributed by atoms with Crippen LogP contribution >= 0.6 is 11.3 Å². The summed E-state index contributed by atoms with van der Waals surface area (Å²) in [5.41, 5.74) is 5.97. The zero-order valence-corrected chi connectivity index (χ0v) is 10.6. The van der Waals surface area contributed by atoms with E-state index in [0.29, 0.717) is 9.88 Å².